The summed E-state index contributed by atoms with van der Waals surface area (Å²) in [5.41, 5.74) is 5.84. The highest BCUT2D eigenvalue weighted by Gasteiger charge is 2.22. The second kappa shape index (κ2) is 7.24. The van der Waals surface area contributed by atoms with Gasteiger partial charge in [-0.25, -0.2) is 4.98 Å². The molecule has 0 aliphatic carbocycles. The molecular weight excluding hydrogens is 294 g/mol. The maximum atomic E-state index is 12.0. The largest absolute Gasteiger partial charge is 0.409 e. The van der Waals surface area contributed by atoms with Gasteiger partial charge < -0.3 is 16.3 Å². The molecule has 0 spiro atoms. The Balaban J connectivity index is 1.80. The van der Waals surface area contributed by atoms with E-state index in [1.165, 1.54) is 6.20 Å². The quantitative estimate of drug-likeness (QED) is 0.328. The van der Waals surface area contributed by atoms with E-state index >= 15 is 0 Å². The SMILES string of the molecule is NC(CN1CCC(NC(=O)c2ccc(Cl)cn2)CC1)=NO. The lowest BCUT2D eigenvalue weighted by Crippen LogP contribution is -2.46. The molecule has 114 valence electrons. The normalized spacial score (nSPS) is 17.7. The van der Waals surface area contributed by atoms with Crippen molar-refractivity contribution in [2.75, 3.05) is 19.6 Å². The predicted octanol–water partition coefficient (Wildman–Crippen LogP) is 0.676. The summed E-state index contributed by atoms with van der Waals surface area (Å²) < 4.78 is 0. The number of carbonyl (C=O) groups is 1. The number of aromatic nitrogens is 1. The number of amides is 1. The van der Waals surface area contributed by atoms with Gasteiger partial charge >= 0.3 is 0 Å². The fraction of sp³-hybridized carbons (Fsp3) is 0.462. The summed E-state index contributed by atoms with van der Waals surface area (Å²) >= 11 is 5.74. The Morgan fingerprint density at radius 2 is 2.24 bits per heavy atom. The highest BCUT2D eigenvalue weighted by Crippen LogP contribution is 2.11. The van der Waals surface area contributed by atoms with Crippen LogP contribution in [0, 0.1) is 0 Å². The Kier molecular flexibility index (Phi) is 5.35. The van der Waals surface area contributed by atoms with Gasteiger partial charge in [0.2, 0.25) is 0 Å². The van der Waals surface area contributed by atoms with E-state index in [1.54, 1.807) is 12.1 Å². The van der Waals surface area contributed by atoms with E-state index in [2.05, 4.69) is 20.4 Å². The van der Waals surface area contributed by atoms with Crippen molar-refractivity contribution in [3.8, 4) is 0 Å². The number of nitrogens with zero attached hydrogens (tertiary/aromatic N) is 3. The van der Waals surface area contributed by atoms with E-state index < -0.39 is 0 Å². The molecule has 8 heteroatoms. The molecule has 0 atom stereocenters. The summed E-state index contributed by atoms with van der Waals surface area (Å²) in [6.45, 7) is 2.01. The monoisotopic (exact) mass is 311 g/mol. The average molecular weight is 312 g/mol. The fourth-order valence-corrected chi connectivity index (χ4v) is 2.38. The molecule has 0 bridgehead atoms. The highest BCUT2D eigenvalue weighted by molar-refractivity contribution is 6.30. The Morgan fingerprint density at radius 1 is 1.52 bits per heavy atom. The molecule has 1 aliphatic heterocycles. The molecule has 1 aliphatic rings. The van der Waals surface area contributed by atoms with Gasteiger partial charge in [-0.15, -0.1) is 0 Å². The van der Waals surface area contributed by atoms with Crippen LogP contribution < -0.4 is 11.1 Å². The highest BCUT2D eigenvalue weighted by atomic mass is 35.5. The Hall–Kier alpha value is -1.86. The molecule has 2 heterocycles. The Bertz CT molecular complexity index is 512. The minimum Gasteiger partial charge on any atom is -0.409 e. The van der Waals surface area contributed by atoms with Crippen LogP contribution in [-0.4, -0.2) is 52.5 Å². The van der Waals surface area contributed by atoms with Crippen molar-refractivity contribution in [3.63, 3.8) is 0 Å². The minimum atomic E-state index is -0.193. The predicted molar refractivity (Wildman–Crippen MR) is 79.6 cm³/mol. The first-order valence-corrected chi connectivity index (χ1v) is 7.07. The van der Waals surface area contributed by atoms with Gasteiger partial charge in [0, 0.05) is 25.3 Å². The smallest absolute Gasteiger partial charge is 0.270 e. The van der Waals surface area contributed by atoms with Gasteiger partial charge in [0.05, 0.1) is 11.6 Å². The van der Waals surface area contributed by atoms with Crippen LogP contribution in [0.2, 0.25) is 5.02 Å². The van der Waals surface area contributed by atoms with E-state index in [4.69, 9.17) is 22.5 Å². The lowest BCUT2D eigenvalue weighted by atomic mass is 10.0. The van der Waals surface area contributed by atoms with E-state index in [0.717, 1.165) is 25.9 Å². The number of carbonyl (C=O) groups excluding carboxylic acids is 1. The Morgan fingerprint density at radius 3 is 2.81 bits per heavy atom. The van der Waals surface area contributed by atoms with Crippen molar-refractivity contribution in [1.82, 2.24) is 15.2 Å². The zero-order chi connectivity index (χ0) is 15.2. The van der Waals surface area contributed by atoms with Gasteiger partial charge in [0.15, 0.2) is 5.84 Å². The summed E-state index contributed by atoms with van der Waals surface area (Å²) in [5, 5.41) is 15.0. The van der Waals surface area contributed by atoms with Crippen molar-refractivity contribution in [3.05, 3.63) is 29.0 Å². The molecule has 7 nitrogen and oxygen atoms in total. The first-order chi connectivity index (χ1) is 10.1. The zero-order valence-corrected chi connectivity index (χ0v) is 12.3. The van der Waals surface area contributed by atoms with Crippen LogP contribution in [0.3, 0.4) is 0 Å². The molecular formula is C13H18ClN5O2. The van der Waals surface area contributed by atoms with Gasteiger partial charge in [-0.2, -0.15) is 0 Å². The third-order valence-electron chi connectivity index (χ3n) is 3.40. The van der Waals surface area contributed by atoms with Gasteiger partial charge in [-0.05, 0) is 25.0 Å². The maximum absolute atomic E-state index is 12.0. The topological polar surface area (TPSA) is 104 Å². The number of hydrogen-bond donors (Lipinski definition) is 3. The van der Waals surface area contributed by atoms with Crippen molar-refractivity contribution in [1.29, 1.82) is 0 Å². The molecule has 0 saturated carbocycles. The summed E-state index contributed by atoms with van der Waals surface area (Å²) in [6, 6.07) is 3.35. The van der Waals surface area contributed by atoms with Crippen LogP contribution in [0.5, 0.6) is 0 Å². The van der Waals surface area contributed by atoms with Crippen LogP contribution in [0.4, 0.5) is 0 Å². The van der Waals surface area contributed by atoms with Crippen molar-refractivity contribution in [2.24, 2.45) is 10.9 Å². The number of halogens is 1. The van der Waals surface area contributed by atoms with E-state index in [-0.39, 0.29) is 17.8 Å². The summed E-state index contributed by atoms with van der Waals surface area (Å²) in [4.78, 5) is 18.1. The second-order valence-corrected chi connectivity index (χ2v) is 5.41. The average Bonchev–Trinajstić information content (AvgIpc) is 2.49. The third-order valence-corrected chi connectivity index (χ3v) is 3.62. The van der Waals surface area contributed by atoms with Gasteiger partial charge in [-0.3, -0.25) is 9.69 Å². The van der Waals surface area contributed by atoms with E-state index in [9.17, 15) is 4.79 Å². The van der Waals surface area contributed by atoms with Crippen molar-refractivity contribution >= 4 is 23.3 Å². The number of pyridine rings is 1. The number of nitrogens with one attached hydrogen (secondary N) is 1. The van der Waals surface area contributed by atoms with Gasteiger partial charge in [0.1, 0.15) is 5.69 Å². The lowest BCUT2D eigenvalue weighted by molar-refractivity contribution is 0.0909. The van der Waals surface area contributed by atoms with E-state index in [1.807, 2.05) is 0 Å². The Labute approximate surface area is 127 Å². The van der Waals surface area contributed by atoms with Crippen LogP contribution in [0.25, 0.3) is 0 Å². The fourth-order valence-electron chi connectivity index (χ4n) is 2.27. The molecule has 2 rings (SSSR count). The molecule has 4 N–H and O–H groups in total. The number of likely N-dealkylation sites (tertiary alicyclic amines) is 1. The molecule has 0 aromatic carbocycles. The molecule has 21 heavy (non-hydrogen) atoms. The van der Waals surface area contributed by atoms with Crippen molar-refractivity contribution < 1.29 is 10.0 Å². The first-order valence-electron chi connectivity index (χ1n) is 6.69. The number of piperidine rings is 1. The third kappa shape index (κ3) is 4.57. The second-order valence-electron chi connectivity index (χ2n) is 4.98. The number of rotatable bonds is 4. The van der Waals surface area contributed by atoms with Crippen LogP contribution >= 0.6 is 11.6 Å². The number of nitrogens with two attached hydrogens (primary N) is 1. The first kappa shape index (κ1) is 15.5. The lowest BCUT2D eigenvalue weighted by Gasteiger charge is -2.31. The van der Waals surface area contributed by atoms with Gasteiger partial charge in [0.25, 0.3) is 5.91 Å². The van der Waals surface area contributed by atoms with Crippen molar-refractivity contribution in [2.45, 2.75) is 18.9 Å². The molecule has 0 unspecified atom stereocenters. The molecule has 1 fully saturated rings. The van der Waals surface area contributed by atoms with Gasteiger partial charge in [-0.1, -0.05) is 16.8 Å². The number of oxime groups is 1. The molecule has 0 radical (unpaired) electrons. The summed E-state index contributed by atoms with van der Waals surface area (Å²) in [6.07, 6.45) is 3.09. The maximum Gasteiger partial charge on any atom is 0.270 e. The number of amidine groups is 1. The summed E-state index contributed by atoms with van der Waals surface area (Å²) in [7, 11) is 0. The molecule has 1 saturated heterocycles. The van der Waals surface area contributed by atoms with E-state index in [0.29, 0.717) is 17.3 Å². The summed E-state index contributed by atoms with van der Waals surface area (Å²) in [5.74, 6) is 0.00408. The van der Waals surface area contributed by atoms with Crippen LogP contribution in [-0.2, 0) is 0 Å². The molecule has 1 aromatic rings. The zero-order valence-electron chi connectivity index (χ0n) is 11.5. The van der Waals surface area contributed by atoms with Crippen LogP contribution in [0.15, 0.2) is 23.5 Å². The standard InChI is InChI=1S/C13H18ClN5O2/c14-9-1-2-11(16-7-9)13(20)17-10-3-5-19(6-4-10)8-12(15)18-21/h1-2,7,10,21H,3-6,8H2,(H2,15,18)(H,17,20). The minimum absolute atomic E-state index is 0.110. The molecule has 1 aromatic heterocycles. The number of hydrogen-bond acceptors (Lipinski definition) is 5. The molecule has 1 amide bonds. The van der Waals surface area contributed by atoms with Crippen LogP contribution in [0.1, 0.15) is 23.3 Å².